The van der Waals surface area contributed by atoms with Gasteiger partial charge in [-0.25, -0.2) is 17.6 Å². The molecule has 0 bridgehead atoms. The molecule has 4 nitrogen and oxygen atoms in total. The molecule has 146 valence electrons. The van der Waals surface area contributed by atoms with E-state index in [1.54, 1.807) is 0 Å². The number of hydrogen-bond donors (Lipinski definition) is 0. The zero-order valence-electron chi connectivity index (χ0n) is 15.5. The van der Waals surface area contributed by atoms with E-state index in [9.17, 15) is 22.4 Å². The van der Waals surface area contributed by atoms with Crippen LogP contribution in [0.1, 0.15) is 31.9 Å². The topological polar surface area (TPSA) is 59.3 Å². The molecular weight excluding hydrogens is 366 g/mol. The number of halogens is 4. The van der Waals surface area contributed by atoms with Gasteiger partial charge in [-0.2, -0.15) is 5.26 Å². The smallest absolute Gasteiger partial charge is 0.317 e. The van der Waals surface area contributed by atoms with E-state index in [1.807, 2.05) is 6.07 Å². The highest BCUT2D eigenvalue weighted by Gasteiger charge is 2.78. The zero-order chi connectivity index (χ0) is 20.7. The number of ether oxygens (including phenoxy) is 2. The van der Waals surface area contributed by atoms with Crippen molar-refractivity contribution >= 4 is 5.97 Å². The number of benzene rings is 1. The first kappa shape index (κ1) is 20.9. The molecule has 1 saturated carbocycles. The Morgan fingerprint density at radius 2 is 1.67 bits per heavy atom. The molecule has 1 fully saturated rings. The number of rotatable bonds is 5. The molecule has 0 aliphatic heterocycles. The number of carbonyl (C=O) groups excluding carboxylic acids is 1. The first-order chi connectivity index (χ1) is 12.5. The van der Waals surface area contributed by atoms with Crippen molar-refractivity contribution in [3.8, 4) is 6.07 Å². The van der Waals surface area contributed by atoms with E-state index in [0.717, 1.165) is 14.2 Å². The quantitative estimate of drug-likeness (QED) is 0.334. The van der Waals surface area contributed by atoms with E-state index >= 15 is 0 Å². The maximum Gasteiger partial charge on any atom is 0.317 e. The Hall–Kier alpha value is -2.40. The van der Waals surface area contributed by atoms with Crippen molar-refractivity contribution < 1.29 is 31.8 Å². The molecule has 0 spiro atoms. The molecule has 1 aliphatic carbocycles. The lowest BCUT2D eigenvalue weighted by Crippen LogP contribution is -2.32. The van der Waals surface area contributed by atoms with E-state index in [0.29, 0.717) is 0 Å². The van der Waals surface area contributed by atoms with Gasteiger partial charge in [0.25, 0.3) is 0 Å². The number of carbonyl (C=O) groups is 1. The fraction of sp³-hybridized carbons (Fsp3) is 0.474. The van der Waals surface area contributed by atoms with Crippen LogP contribution >= 0.6 is 0 Å². The molecule has 0 amide bonds. The predicted octanol–water partition coefficient (Wildman–Crippen LogP) is 3.93. The Kier molecular flexibility index (Phi) is 5.39. The average molecular weight is 385 g/mol. The van der Waals surface area contributed by atoms with Gasteiger partial charge in [-0.15, -0.1) is 0 Å². The molecule has 0 radical (unpaired) electrons. The van der Waals surface area contributed by atoms with Crippen LogP contribution in [0.3, 0.4) is 0 Å². The molecule has 0 saturated heterocycles. The summed E-state index contributed by atoms with van der Waals surface area (Å²) >= 11 is 0. The van der Waals surface area contributed by atoms with Gasteiger partial charge in [0, 0.05) is 24.2 Å². The Morgan fingerprint density at radius 1 is 1.15 bits per heavy atom. The highest BCUT2D eigenvalue weighted by atomic mass is 19.2. The van der Waals surface area contributed by atoms with Gasteiger partial charge in [-0.05, 0) is 12.3 Å². The molecule has 0 heterocycles. The van der Waals surface area contributed by atoms with Crippen LogP contribution in [0.4, 0.5) is 17.6 Å². The summed E-state index contributed by atoms with van der Waals surface area (Å²) in [5.74, 6) is -8.55. The molecule has 8 heteroatoms. The van der Waals surface area contributed by atoms with Crippen molar-refractivity contribution in [3.63, 3.8) is 0 Å². The van der Waals surface area contributed by atoms with E-state index < -0.39 is 63.7 Å². The van der Waals surface area contributed by atoms with Crippen LogP contribution in [-0.4, -0.2) is 20.2 Å². The summed E-state index contributed by atoms with van der Waals surface area (Å²) in [5, 5.41) is 8.99. The largest absolute Gasteiger partial charge is 0.468 e. The Bertz CT molecular complexity index is 844. The molecule has 27 heavy (non-hydrogen) atoms. The first-order valence-corrected chi connectivity index (χ1v) is 8.05. The minimum Gasteiger partial charge on any atom is -0.468 e. The van der Waals surface area contributed by atoms with Crippen LogP contribution in [0, 0.1) is 45.9 Å². The summed E-state index contributed by atoms with van der Waals surface area (Å²) in [6.45, 7) is 3.78. The van der Waals surface area contributed by atoms with Gasteiger partial charge >= 0.3 is 5.97 Å². The second-order valence-electron chi connectivity index (χ2n) is 7.00. The minimum absolute atomic E-state index is 0.191. The number of methoxy groups -OCH3 is 2. The van der Waals surface area contributed by atoms with Crippen LogP contribution < -0.4 is 0 Å². The molecule has 0 aromatic heterocycles. The van der Waals surface area contributed by atoms with Crippen LogP contribution in [0.2, 0.25) is 0 Å². The third-order valence-electron chi connectivity index (χ3n) is 5.31. The van der Waals surface area contributed by atoms with Gasteiger partial charge in [0.05, 0.1) is 25.3 Å². The fourth-order valence-corrected chi connectivity index (χ4v) is 3.85. The van der Waals surface area contributed by atoms with Crippen molar-refractivity contribution in [2.24, 2.45) is 11.3 Å². The van der Waals surface area contributed by atoms with Crippen molar-refractivity contribution in [2.75, 3.05) is 14.2 Å². The number of nitriles is 1. The maximum absolute atomic E-state index is 14.9. The fourth-order valence-electron chi connectivity index (χ4n) is 3.85. The van der Waals surface area contributed by atoms with Gasteiger partial charge in [0.1, 0.15) is 5.41 Å². The van der Waals surface area contributed by atoms with Crippen molar-refractivity contribution in [1.29, 1.82) is 5.26 Å². The molecule has 2 rings (SSSR count). The highest BCUT2D eigenvalue weighted by molar-refractivity contribution is 5.90. The van der Waals surface area contributed by atoms with Gasteiger partial charge in [-0.1, -0.05) is 19.9 Å². The van der Waals surface area contributed by atoms with E-state index in [4.69, 9.17) is 10.00 Å². The van der Waals surface area contributed by atoms with E-state index in [-0.39, 0.29) is 5.57 Å². The lowest BCUT2D eigenvalue weighted by molar-refractivity contribution is -0.145. The number of hydrogen-bond acceptors (Lipinski definition) is 4. The summed E-state index contributed by atoms with van der Waals surface area (Å²) in [6, 6.07) is 1.85. The molecule has 2 atom stereocenters. The standard InChI is InChI=1S/C19H19F4NO3/c1-9(7-24)6-11-18(2,3)19(11,17(25)27-5)12-15(22)13(20)10(8-26-4)14(21)16(12)23/h6,11H,8H2,1-5H3. The average Bonchev–Trinajstić information content (AvgIpc) is 3.11. The second kappa shape index (κ2) is 6.97. The summed E-state index contributed by atoms with van der Waals surface area (Å²) in [5.41, 5.74) is -4.92. The Morgan fingerprint density at radius 3 is 2.07 bits per heavy atom. The molecule has 2 unspecified atom stereocenters. The van der Waals surface area contributed by atoms with Crippen LogP contribution in [0.25, 0.3) is 0 Å². The summed E-state index contributed by atoms with van der Waals surface area (Å²) in [7, 11) is 2.13. The van der Waals surface area contributed by atoms with Gasteiger partial charge in [-0.3, -0.25) is 4.79 Å². The number of esters is 1. The molecule has 1 aromatic carbocycles. The molecule has 0 N–H and O–H groups in total. The molecular formula is C19H19F4NO3. The summed E-state index contributed by atoms with van der Waals surface area (Å²) in [6.07, 6.45) is 1.36. The maximum atomic E-state index is 14.9. The Balaban J connectivity index is 2.87. The molecule has 1 aromatic rings. The summed E-state index contributed by atoms with van der Waals surface area (Å²) < 4.78 is 67.9. The van der Waals surface area contributed by atoms with Crippen LogP contribution in [0.5, 0.6) is 0 Å². The number of allylic oxidation sites excluding steroid dienone is 2. The van der Waals surface area contributed by atoms with Crippen LogP contribution in [0.15, 0.2) is 11.6 Å². The molecule has 1 aliphatic rings. The predicted molar refractivity (Wildman–Crippen MR) is 87.3 cm³/mol. The lowest BCUT2D eigenvalue weighted by Gasteiger charge is -2.21. The normalized spacial score (nSPS) is 23.7. The zero-order valence-corrected chi connectivity index (χ0v) is 15.5. The van der Waals surface area contributed by atoms with E-state index in [1.165, 1.54) is 26.8 Å². The first-order valence-electron chi connectivity index (χ1n) is 8.05. The number of nitrogens with zero attached hydrogens (tertiary/aromatic N) is 1. The van der Waals surface area contributed by atoms with Gasteiger partial charge < -0.3 is 9.47 Å². The highest BCUT2D eigenvalue weighted by Crippen LogP contribution is 2.71. The van der Waals surface area contributed by atoms with E-state index in [2.05, 4.69) is 4.74 Å². The van der Waals surface area contributed by atoms with Crippen molar-refractivity contribution in [1.82, 2.24) is 0 Å². The second-order valence-corrected chi connectivity index (χ2v) is 7.00. The third-order valence-corrected chi connectivity index (χ3v) is 5.31. The minimum atomic E-state index is -2.01. The monoisotopic (exact) mass is 385 g/mol. The van der Waals surface area contributed by atoms with Gasteiger partial charge in [0.15, 0.2) is 23.3 Å². The van der Waals surface area contributed by atoms with Crippen molar-refractivity contribution in [2.45, 2.75) is 32.8 Å². The SMILES string of the molecule is COCc1c(F)c(F)c(C2(C(=O)OC)C(C=C(C)C#N)C2(C)C)c(F)c1F. The van der Waals surface area contributed by atoms with Crippen molar-refractivity contribution in [3.05, 3.63) is 46.0 Å². The third kappa shape index (κ3) is 2.72. The lowest BCUT2D eigenvalue weighted by atomic mass is 9.85. The van der Waals surface area contributed by atoms with Crippen LogP contribution in [-0.2, 0) is 26.3 Å². The summed E-state index contributed by atoms with van der Waals surface area (Å²) in [4.78, 5) is 12.6. The van der Waals surface area contributed by atoms with Gasteiger partial charge in [0.2, 0.25) is 0 Å². The Labute approximate surface area is 154 Å².